The van der Waals surface area contributed by atoms with Crippen molar-refractivity contribution >= 4 is 34.8 Å². The Morgan fingerprint density at radius 2 is 1.83 bits per heavy atom. The third kappa shape index (κ3) is 6.15. The zero-order valence-electron chi connectivity index (χ0n) is 12.7. The molecule has 6 heteroatoms. The molecule has 2 N–H and O–H groups in total. The van der Waals surface area contributed by atoms with Crippen molar-refractivity contribution in [3.63, 3.8) is 0 Å². The van der Waals surface area contributed by atoms with E-state index in [0.29, 0.717) is 17.3 Å². The molecule has 0 spiro atoms. The third-order valence-corrected chi connectivity index (χ3v) is 4.42. The van der Waals surface area contributed by atoms with Crippen LogP contribution in [0, 0.1) is 18.6 Å². The monoisotopic (exact) mass is 352 g/mol. The maximum atomic E-state index is 13.1. The van der Waals surface area contributed by atoms with Crippen LogP contribution in [0.25, 0.3) is 0 Å². The first-order chi connectivity index (χ1) is 11.0. The zero-order valence-corrected chi connectivity index (χ0v) is 14.4. The molecule has 2 aromatic carbocycles. The lowest BCUT2D eigenvalue weighted by atomic mass is 10.2. The number of thiocarbonyl (C=S) groups is 1. The van der Waals surface area contributed by atoms with Gasteiger partial charge in [0.05, 0.1) is 0 Å². The van der Waals surface area contributed by atoms with Crippen LogP contribution in [0.1, 0.15) is 12.0 Å². The lowest BCUT2D eigenvalue weighted by Crippen LogP contribution is -2.29. The van der Waals surface area contributed by atoms with Gasteiger partial charge in [0, 0.05) is 23.2 Å². The summed E-state index contributed by atoms with van der Waals surface area (Å²) < 4.78 is 25.9. The highest BCUT2D eigenvalue weighted by atomic mass is 32.2. The second-order valence-electron chi connectivity index (χ2n) is 5.02. The van der Waals surface area contributed by atoms with E-state index in [4.69, 9.17) is 12.2 Å². The molecule has 0 aliphatic carbocycles. The minimum absolute atomic E-state index is 0.399. The van der Waals surface area contributed by atoms with Gasteiger partial charge in [0.15, 0.2) is 16.7 Å². The van der Waals surface area contributed by atoms with Gasteiger partial charge in [-0.1, -0.05) is 17.7 Å². The molecule has 0 unspecified atom stereocenters. The van der Waals surface area contributed by atoms with E-state index in [1.807, 2.05) is 0 Å². The fourth-order valence-electron chi connectivity index (χ4n) is 1.85. The average Bonchev–Trinajstić information content (AvgIpc) is 2.52. The molecular weight excluding hydrogens is 334 g/mol. The van der Waals surface area contributed by atoms with E-state index in [1.54, 1.807) is 11.8 Å². The predicted octanol–water partition coefficient (Wildman–Crippen LogP) is 4.74. The molecule has 0 amide bonds. The van der Waals surface area contributed by atoms with Crippen molar-refractivity contribution in [1.29, 1.82) is 0 Å². The van der Waals surface area contributed by atoms with Crippen molar-refractivity contribution in [2.75, 3.05) is 17.6 Å². The minimum atomic E-state index is -0.896. The van der Waals surface area contributed by atoms with Gasteiger partial charge in [0.2, 0.25) is 0 Å². The Kier molecular flexibility index (Phi) is 6.80. The number of nitrogens with one attached hydrogen (secondary N) is 2. The molecule has 0 atom stereocenters. The molecule has 0 radical (unpaired) electrons. The van der Waals surface area contributed by atoms with Crippen LogP contribution in [0.5, 0.6) is 0 Å². The van der Waals surface area contributed by atoms with Crippen molar-refractivity contribution in [3.05, 3.63) is 59.7 Å². The van der Waals surface area contributed by atoms with Gasteiger partial charge < -0.3 is 10.6 Å². The van der Waals surface area contributed by atoms with Gasteiger partial charge in [-0.2, -0.15) is 0 Å². The van der Waals surface area contributed by atoms with Crippen molar-refractivity contribution < 1.29 is 8.78 Å². The minimum Gasteiger partial charge on any atom is -0.362 e. The Morgan fingerprint density at radius 1 is 1.09 bits per heavy atom. The topological polar surface area (TPSA) is 24.1 Å². The molecule has 0 bridgehead atoms. The lowest BCUT2D eigenvalue weighted by molar-refractivity contribution is 0.509. The lowest BCUT2D eigenvalue weighted by Gasteiger charge is -2.10. The van der Waals surface area contributed by atoms with E-state index in [9.17, 15) is 8.78 Å². The van der Waals surface area contributed by atoms with Gasteiger partial charge in [-0.05, 0) is 55.6 Å². The normalized spacial score (nSPS) is 10.4. The van der Waals surface area contributed by atoms with Gasteiger partial charge >= 0.3 is 0 Å². The number of aryl methyl sites for hydroxylation is 1. The highest BCUT2D eigenvalue weighted by molar-refractivity contribution is 7.99. The highest BCUT2D eigenvalue weighted by Crippen LogP contribution is 2.18. The van der Waals surface area contributed by atoms with E-state index in [1.165, 1.54) is 16.5 Å². The van der Waals surface area contributed by atoms with E-state index in [-0.39, 0.29) is 0 Å². The zero-order chi connectivity index (χ0) is 16.7. The van der Waals surface area contributed by atoms with Crippen LogP contribution in [0.3, 0.4) is 0 Å². The van der Waals surface area contributed by atoms with Crippen LogP contribution in [-0.4, -0.2) is 17.4 Å². The number of halogens is 2. The summed E-state index contributed by atoms with van der Waals surface area (Å²) in [5, 5.41) is 6.28. The molecule has 0 aliphatic heterocycles. The average molecular weight is 352 g/mol. The Morgan fingerprint density at radius 3 is 2.52 bits per heavy atom. The first-order valence-electron chi connectivity index (χ1n) is 7.24. The van der Waals surface area contributed by atoms with Crippen molar-refractivity contribution in [3.8, 4) is 0 Å². The summed E-state index contributed by atoms with van der Waals surface area (Å²) in [5.74, 6) is -0.793. The van der Waals surface area contributed by atoms with Gasteiger partial charge in [-0.3, -0.25) is 0 Å². The molecule has 0 heterocycles. The number of thioether (sulfide) groups is 1. The predicted molar refractivity (Wildman–Crippen MR) is 97.1 cm³/mol. The smallest absolute Gasteiger partial charge is 0.170 e. The summed E-state index contributed by atoms with van der Waals surface area (Å²) in [6.07, 6.45) is 0.943. The Bertz CT molecular complexity index is 660. The summed E-state index contributed by atoms with van der Waals surface area (Å²) in [6, 6.07) is 12.0. The molecule has 23 heavy (non-hydrogen) atoms. The van der Waals surface area contributed by atoms with Gasteiger partial charge in [0.25, 0.3) is 0 Å². The molecule has 122 valence electrons. The van der Waals surface area contributed by atoms with Crippen LogP contribution < -0.4 is 10.6 Å². The van der Waals surface area contributed by atoms with Gasteiger partial charge in [-0.25, -0.2) is 8.78 Å². The van der Waals surface area contributed by atoms with Crippen LogP contribution in [0.2, 0.25) is 0 Å². The number of hydrogen-bond acceptors (Lipinski definition) is 2. The largest absolute Gasteiger partial charge is 0.362 e. The third-order valence-electron chi connectivity index (χ3n) is 3.07. The van der Waals surface area contributed by atoms with E-state index in [2.05, 4.69) is 41.8 Å². The quantitative estimate of drug-likeness (QED) is 0.445. The fraction of sp³-hybridized carbons (Fsp3) is 0.235. The molecule has 2 nitrogen and oxygen atoms in total. The molecule has 0 saturated heterocycles. The Balaban J connectivity index is 1.64. The summed E-state index contributed by atoms with van der Waals surface area (Å²) >= 11 is 6.92. The molecule has 2 rings (SSSR count). The molecule has 0 saturated carbocycles. The number of rotatable bonds is 6. The van der Waals surface area contributed by atoms with Crippen LogP contribution in [0.4, 0.5) is 14.5 Å². The van der Waals surface area contributed by atoms with Crippen LogP contribution in [0.15, 0.2) is 47.4 Å². The van der Waals surface area contributed by atoms with E-state index >= 15 is 0 Å². The fourth-order valence-corrected chi connectivity index (χ4v) is 2.92. The number of benzene rings is 2. The molecule has 2 aromatic rings. The second kappa shape index (κ2) is 8.84. The molecular formula is C17H18F2N2S2. The second-order valence-corrected chi connectivity index (χ2v) is 6.60. The van der Waals surface area contributed by atoms with Crippen molar-refractivity contribution in [2.45, 2.75) is 18.2 Å². The SMILES string of the molecule is Cc1ccc(SCCCNC(=S)Nc2ccc(F)c(F)c2)cc1. The summed E-state index contributed by atoms with van der Waals surface area (Å²) in [6.45, 7) is 2.79. The maximum Gasteiger partial charge on any atom is 0.170 e. The maximum absolute atomic E-state index is 13.1. The molecule has 0 aromatic heterocycles. The molecule has 0 aliphatic rings. The highest BCUT2D eigenvalue weighted by Gasteiger charge is 2.03. The first-order valence-corrected chi connectivity index (χ1v) is 8.63. The van der Waals surface area contributed by atoms with Crippen LogP contribution in [-0.2, 0) is 0 Å². The summed E-state index contributed by atoms with van der Waals surface area (Å²) in [4.78, 5) is 1.25. The van der Waals surface area contributed by atoms with E-state index < -0.39 is 11.6 Å². The van der Waals surface area contributed by atoms with Gasteiger partial charge in [-0.15, -0.1) is 11.8 Å². The first kappa shape index (κ1) is 17.7. The summed E-state index contributed by atoms with van der Waals surface area (Å²) in [5.41, 5.74) is 1.68. The Hall–Kier alpha value is -1.66. The Labute approximate surface area is 144 Å². The molecule has 0 fully saturated rings. The number of anilines is 1. The van der Waals surface area contributed by atoms with Gasteiger partial charge in [0.1, 0.15) is 0 Å². The standard InChI is InChI=1S/C17H18F2N2S2/c1-12-3-6-14(7-4-12)23-10-2-9-20-17(22)21-13-5-8-15(18)16(19)11-13/h3-8,11H,2,9-10H2,1H3,(H2,20,21,22). The van der Waals surface area contributed by atoms with Crippen molar-refractivity contribution in [1.82, 2.24) is 5.32 Å². The summed E-state index contributed by atoms with van der Waals surface area (Å²) in [7, 11) is 0. The van der Waals surface area contributed by atoms with E-state index in [0.717, 1.165) is 24.3 Å². The number of hydrogen-bond donors (Lipinski definition) is 2. The van der Waals surface area contributed by atoms with Crippen molar-refractivity contribution in [2.24, 2.45) is 0 Å². The van der Waals surface area contributed by atoms with Crippen LogP contribution >= 0.6 is 24.0 Å².